The molecule has 18 heavy (non-hydrogen) atoms. The normalized spacial score (nSPS) is 16.1. The van der Waals surface area contributed by atoms with Gasteiger partial charge in [0.15, 0.2) is 0 Å². The molecule has 3 nitrogen and oxygen atoms in total. The Morgan fingerprint density at radius 2 is 1.94 bits per heavy atom. The molecule has 3 atom stereocenters. The van der Waals surface area contributed by atoms with E-state index in [2.05, 4.69) is 0 Å². The summed E-state index contributed by atoms with van der Waals surface area (Å²) < 4.78 is 5.09. The number of methoxy groups -OCH3 is 1. The van der Waals surface area contributed by atoms with E-state index >= 15 is 0 Å². The van der Waals surface area contributed by atoms with Gasteiger partial charge in [-0.05, 0) is 36.5 Å². The van der Waals surface area contributed by atoms with Crippen molar-refractivity contribution >= 4 is 11.6 Å². The van der Waals surface area contributed by atoms with Crippen LogP contribution in [0.15, 0.2) is 18.2 Å². The van der Waals surface area contributed by atoms with Gasteiger partial charge in [0.2, 0.25) is 0 Å². The Balaban J connectivity index is 2.75. The van der Waals surface area contributed by atoms with E-state index in [1.807, 2.05) is 26.0 Å². The van der Waals surface area contributed by atoms with Crippen LogP contribution in [0, 0.1) is 0 Å². The Kier molecular flexibility index (Phi) is 5.93. The van der Waals surface area contributed by atoms with Crippen LogP contribution in [0.5, 0.6) is 5.75 Å². The molecule has 0 aromatic heterocycles. The monoisotopic (exact) mass is 272 g/mol. The molecular weight excluding hydrogens is 252 g/mol. The highest BCUT2D eigenvalue weighted by atomic mass is 35.5. The van der Waals surface area contributed by atoms with Gasteiger partial charge in [-0.3, -0.25) is 0 Å². The summed E-state index contributed by atoms with van der Waals surface area (Å²) in [5.74, 6) is 0.796. The average Bonchev–Trinajstić information content (AvgIpc) is 2.37. The van der Waals surface area contributed by atoms with Crippen LogP contribution in [-0.2, 0) is 0 Å². The van der Waals surface area contributed by atoms with Crippen molar-refractivity contribution in [2.75, 3.05) is 7.11 Å². The predicted molar refractivity (Wildman–Crippen MR) is 73.3 cm³/mol. The molecule has 0 aliphatic carbocycles. The zero-order valence-corrected chi connectivity index (χ0v) is 11.8. The maximum absolute atomic E-state index is 9.82. The average molecular weight is 273 g/mol. The number of rotatable bonds is 6. The van der Waals surface area contributed by atoms with Crippen molar-refractivity contribution in [2.24, 2.45) is 0 Å². The highest BCUT2D eigenvalue weighted by Crippen LogP contribution is 2.31. The van der Waals surface area contributed by atoms with Crippen LogP contribution in [0.25, 0.3) is 0 Å². The maximum Gasteiger partial charge on any atom is 0.120 e. The zero-order chi connectivity index (χ0) is 13.7. The molecule has 0 spiro atoms. The van der Waals surface area contributed by atoms with E-state index in [1.165, 1.54) is 0 Å². The first-order valence-electron chi connectivity index (χ1n) is 6.19. The summed E-state index contributed by atoms with van der Waals surface area (Å²) >= 11 is 6.18. The molecule has 0 saturated carbocycles. The Hall–Kier alpha value is -0.770. The predicted octanol–water partition coefficient (Wildman–Crippen LogP) is 2.97. The highest BCUT2D eigenvalue weighted by molar-refractivity contribution is 6.31. The largest absolute Gasteiger partial charge is 0.497 e. The summed E-state index contributed by atoms with van der Waals surface area (Å²) in [6.45, 7) is 3.83. The van der Waals surface area contributed by atoms with Crippen LogP contribution in [-0.4, -0.2) is 29.5 Å². The van der Waals surface area contributed by atoms with Gasteiger partial charge >= 0.3 is 0 Å². The summed E-state index contributed by atoms with van der Waals surface area (Å²) in [5.41, 5.74) is 0.958. The first-order valence-corrected chi connectivity index (χ1v) is 6.56. The molecule has 0 amide bonds. The number of ether oxygens (including phenoxy) is 1. The molecule has 2 N–H and O–H groups in total. The van der Waals surface area contributed by atoms with Gasteiger partial charge < -0.3 is 14.9 Å². The lowest BCUT2D eigenvalue weighted by atomic mass is 9.92. The van der Waals surface area contributed by atoms with Crippen molar-refractivity contribution in [3.05, 3.63) is 28.8 Å². The molecule has 4 heteroatoms. The van der Waals surface area contributed by atoms with Gasteiger partial charge in [-0.2, -0.15) is 0 Å². The molecule has 1 rings (SSSR count). The molecule has 3 unspecified atom stereocenters. The molecule has 0 bridgehead atoms. The second kappa shape index (κ2) is 6.98. The summed E-state index contributed by atoms with van der Waals surface area (Å²) in [6.07, 6.45) is -0.363. The molecule has 0 heterocycles. The Bertz CT molecular complexity index is 381. The van der Waals surface area contributed by atoms with Gasteiger partial charge in [0, 0.05) is 5.02 Å². The van der Waals surface area contributed by atoms with Crippen molar-refractivity contribution in [1.29, 1.82) is 0 Å². The number of hydrogen-bond donors (Lipinski definition) is 2. The standard InChI is InChI=1S/C14H21ClO3/c1-4-13(16)14(17)7-9(2)11-6-5-10(18-3)8-12(11)15/h5-6,8-9,13-14,16-17H,4,7H2,1-3H3. The first-order chi connectivity index (χ1) is 8.49. The van der Waals surface area contributed by atoms with Crippen LogP contribution >= 0.6 is 11.6 Å². The van der Waals surface area contributed by atoms with E-state index < -0.39 is 12.2 Å². The summed E-state index contributed by atoms with van der Waals surface area (Å²) in [5, 5.41) is 20.0. The minimum Gasteiger partial charge on any atom is -0.497 e. The van der Waals surface area contributed by atoms with Crippen molar-refractivity contribution in [2.45, 2.75) is 44.8 Å². The fourth-order valence-corrected chi connectivity index (χ4v) is 2.31. The molecule has 0 saturated heterocycles. The van der Waals surface area contributed by atoms with E-state index in [-0.39, 0.29) is 5.92 Å². The number of aliphatic hydroxyl groups is 2. The van der Waals surface area contributed by atoms with E-state index in [4.69, 9.17) is 16.3 Å². The van der Waals surface area contributed by atoms with Crippen molar-refractivity contribution in [3.8, 4) is 5.75 Å². The van der Waals surface area contributed by atoms with E-state index in [9.17, 15) is 10.2 Å². The van der Waals surface area contributed by atoms with Crippen LogP contribution in [0.2, 0.25) is 5.02 Å². The third kappa shape index (κ3) is 3.87. The lowest BCUT2D eigenvalue weighted by molar-refractivity contribution is 0.00954. The number of halogens is 1. The molecule has 102 valence electrons. The fraction of sp³-hybridized carbons (Fsp3) is 0.571. The van der Waals surface area contributed by atoms with Gasteiger partial charge in [0.25, 0.3) is 0 Å². The molecule has 0 aliphatic heterocycles. The minimum atomic E-state index is -0.719. The van der Waals surface area contributed by atoms with E-state index in [0.717, 1.165) is 5.56 Å². The third-order valence-electron chi connectivity index (χ3n) is 3.20. The van der Waals surface area contributed by atoms with Gasteiger partial charge in [-0.15, -0.1) is 0 Å². The number of hydrogen-bond acceptors (Lipinski definition) is 3. The quantitative estimate of drug-likeness (QED) is 0.837. The number of benzene rings is 1. The number of aliphatic hydroxyl groups excluding tert-OH is 2. The van der Waals surface area contributed by atoms with E-state index in [1.54, 1.807) is 13.2 Å². The Morgan fingerprint density at radius 3 is 2.44 bits per heavy atom. The van der Waals surface area contributed by atoms with Crippen molar-refractivity contribution < 1.29 is 14.9 Å². The summed E-state index contributed by atoms with van der Waals surface area (Å²) in [7, 11) is 1.59. The molecular formula is C14H21ClO3. The lowest BCUT2D eigenvalue weighted by Crippen LogP contribution is -2.26. The smallest absolute Gasteiger partial charge is 0.120 e. The molecule has 0 aliphatic rings. The third-order valence-corrected chi connectivity index (χ3v) is 3.52. The van der Waals surface area contributed by atoms with Crippen LogP contribution < -0.4 is 4.74 Å². The molecule has 1 aromatic rings. The molecule has 1 aromatic carbocycles. The second-order valence-electron chi connectivity index (χ2n) is 4.57. The maximum atomic E-state index is 9.82. The van der Waals surface area contributed by atoms with Crippen LogP contribution in [0.1, 0.15) is 38.2 Å². The summed E-state index contributed by atoms with van der Waals surface area (Å²) in [6, 6.07) is 5.51. The second-order valence-corrected chi connectivity index (χ2v) is 4.97. The van der Waals surface area contributed by atoms with Gasteiger partial charge in [-0.1, -0.05) is 31.5 Å². The Labute approximate surface area is 113 Å². The SMILES string of the molecule is CCC(O)C(O)CC(C)c1ccc(OC)cc1Cl. The van der Waals surface area contributed by atoms with Gasteiger partial charge in [0.1, 0.15) is 5.75 Å². The molecule has 0 fully saturated rings. The van der Waals surface area contributed by atoms with Crippen LogP contribution in [0.4, 0.5) is 0 Å². The van der Waals surface area contributed by atoms with Crippen LogP contribution in [0.3, 0.4) is 0 Å². The van der Waals surface area contributed by atoms with Gasteiger partial charge in [0.05, 0.1) is 19.3 Å². The van der Waals surface area contributed by atoms with E-state index in [0.29, 0.717) is 23.6 Å². The zero-order valence-electron chi connectivity index (χ0n) is 11.1. The lowest BCUT2D eigenvalue weighted by Gasteiger charge is -2.21. The molecule has 0 radical (unpaired) electrons. The van der Waals surface area contributed by atoms with Crippen molar-refractivity contribution in [3.63, 3.8) is 0 Å². The summed E-state index contributed by atoms with van der Waals surface area (Å²) in [4.78, 5) is 0. The minimum absolute atomic E-state index is 0.0830. The fourth-order valence-electron chi connectivity index (χ4n) is 1.95. The highest BCUT2D eigenvalue weighted by Gasteiger charge is 2.20. The van der Waals surface area contributed by atoms with Crippen molar-refractivity contribution in [1.82, 2.24) is 0 Å². The van der Waals surface area contributed by atoms with Gasteiger partial charge in [-0.25, -0.2) is 0 Å². The topological polar surface area (TPSA) is 49.7 Å². The first kappa shape index (κ1) is 15.3. The Morgan fingerprint density at radius 1 is 1.28 bits per heavy atom.